The summed E-state index contributed by atoms with van der Waals surface area (Å²) in [4.78, 5) is 16.3. The maximum absolute atomic E-state index is 13.8. The molecule has 1 aliphatic heterocycles. The summed E-state index contributed by atoms with van der Waals surface area (Å²) in [6.45, 7) is 0. The van der Waals surface area contributed by atoms with Crippen LogP contribution in [0.5, 0.6) is 0 Å². The molecule has 0 aliphatic carbocycles. The van der Waals surface area contributed by atoms with Gasteiger partial charge >= 0.3 is 0 Å². The van der Waals surface area contributed by atoms with Gasteiger partial charge in [-0.3, -0.25) is 4.79 Å². The van der Waals surface area contributed by atoms with E-state index in [1.807, 2.05) is 24.3 Å². The molecule has 0 saturated carbocycles. The van der Waals surface area contributed by atoms with Crippen molar-refractivity contribution in [3.63, 3.8) is 0 Å². The number of hydrogen-bond acceptors (Lipinski definition) is 4. The molecule has 0 radical (unpaired) electrons. The number of carbonyl (C=O) groups excluding carboxylic acids is 1. The van der Waals surface area contributed by atoms with Gasteiger partial charge in [-0.25, -0.2) is 9.38 Å². The smallest absolute Gasteiger partial charge is 0.244 e. The topological polar surface area (TPSA) is 29.4 Å². The Morgan fingerprint density at radius 3 is 2.62 bits per heavy atom. The van der Waals surface area contributed by atoms with E-state index in [9.17, 15) is 9.18 Å². The van der Waals surface area contributed by atoms with E-state index in [1.54, 1.807) is 6.07 Å². The maximum Gasteiger partial charge on any atom is 0.244 e. The summed E-state index contributed by atoms with van der Waals surface area (Å²) in [7, 11) is 0. The third-order valence-corrected chi connectivity index (χ3v) is 5.82. The molecule has 122 valence electrons. The fourth-order valence-corrected chi connectivity index (χ4v) is 4.10. The molecule has 3 rings (SSSR count). The average Bonchev–Trinajstić information content (AvgIpc) is 2.90. The van der Waals surface area contributed by atoms with Crippen LogP contribution in [-0.2, 0) is 10.5 Å². The SMILES string of the molecule is O=C1SC(SCc2ccc(Cl)cc2)=NC1=Cc1c(F)cccc1Cl. The molecule has 0 aromatic heterocycles. The highest BCUT2D eigenvalue weighted by atomic mass is 35.5. The summed E-state index contributed by atoms with van der Waals surface area (Å²) >= 11 is 14.3. The Labute approximate surface area is 157 Å². The molecular weight excluding hydrogens is 388 g/mol. The van der Waals surface area contributed by atoms with Crippen molar-refractivity contribution in [3.05, 3.63) is 75.2 Å². The predicted molar refractivity (Wildman–Crippen MR) is 102 cm³/mol. The van der Waals surface area contributed by atoms with Crippen LogP contribution >= 0.6 is 46.7 Å². The van der Waals surface area contributed by atoms with Crippen molar-refractivity contribution in [2.75, 3.05) is 0 Å². The van der Waals surface area contributed by atoms with Gasteiger partial charge in [0.05, 0.1) is 5.02 Å². The van der Waals surface area contributed by atoms with Crippen molar-refractivity contribution in [3.8, 4) is 0 Å². The van der Waals surface area contributed by atoms with Crippen LogP contribution in [-0.4, -0.2) is 9.49 Å². The first-order valence-corrected chi connectivity index (χ1v) is 9.42. The number of halogens is 3. The average molecular weight is 398 g/mol. The summed E-state index contributed by atoms with van der Waals surface area (Å²) in [5.41, 5.74) is 1.45. The standard InChI is InChI=1S/C17H10Cl2FNOS2/c18-11-6-4-10(5-7-11)9-23-17-21-15(16(22)24-17)8-12-13(19)2-1-3-14(12)20/h1-8H,9H2. The highest BCUT2D eigenvalue weighted by Crippen LogP contribution is 2.34. The highest BCUT2D eigenvalue weighted by molar-refractivity contribution is 8.45. The molecular formula is C17H10Cl2FNOS2. The molecule has 0 atom stereocenters. The van der Waals surface area contributed by atoms with Crippen molar-refractivity contribution in [1.29, 1.82) is 0 Å². The number of nitrogens with zero attached hydrogens (tertiary/aromatic N) is 1. The summed E-state index contributed by atoms with van der Waals surface area (Å²) in [6, 6.07) is 11.9. The molecule has 2 aromatic carbocycles. The molecule has 0 fully saturated rings. The Hall–Kier alpha value is -1.27. The Morgan fingerprint density at radius 2 is 1.92 bits per heavy atom. The van der Waals surface area contributed by atoms with Gasteiger partial charge < -0.3 is 0 Å². The first-order valence-electron chi connectivity index (χ1n) is 6.87. The zero-order chi connectivity index (χ0) is 17.1. The fourth-order valence-electron chi connectivity index (χ4n) is 1.96. The van der Waals surface area contributed by atoms with Gasteiger partial charge in [-0.2, -0.15) is 0 Å². The zero-order valence-electron chi connectivity index (χ0n) is 12.1. The predicted octanol–water partition coefficient (Wildman–Crippen LogP) is 6.04. The van der Waals surface area contributed by atoms with Crippen LogP contribution in [0.25, 0.3) is 6.08 Å². The fraction of sp³-hybridized carbons (Fsp3) is 0.0588. The van der Waals surface area contributed by atoms with E-state index in [0.29, 0.717) is 15.2 Å². The molecule has 0 amide bonds. The van der Waals surface area contributed by atoms with Gasteiger partial charge in [0.2, 0.25) is 5.12 Å². The normalized spacial score (nSPS) is 15.9. The summed E-state index contributed by atoms with van der Waals surface area (Å²) in [5.74, 6) is 0.189. The highest BCUT2D eigenvalue weighted by Gasteiger charge is 2.23. The van der Waals surface area contributed by atoms with Gasteiger partial charge in [0.25, 0.3) is 0 Å². The largest absolute Gasteiger partial charge is 0.279 e. The zero-order valence-corrected chi connectivity index (χ0v) is 15.3. The van der Waals surface area contributed by atoms with E-state index < -0.39 is 5.82 Å². The van der Waals surface area contributed by atoms with E-state index in [-0.39, 0.29) is 21.4 Å². The van der Waals surface area contributed by atoms with Crippen molar-refractivity contribution in [2.45, 2.75) is 5.75 Å². The first kappa shape index (κ1) is 17.5. The van der Waals surface area contributed by atoms with Crippen molar-refractivity contribution in [2.24, 2.45) is 4.99 Å². The van der Waals surface area contributed by atoms with Gasteiger partial charge in [0.15, 0.2) is 0 Å². The molecule has 0 spiro atoms. The molecule has 0 bridgehead atoms. The number of thioether (sulfide) groups is 2. The minimum absolute atomic E-state index is 0.177. The number of carbonyl (C=O) groups is 1. The van der Waals surface area contributed by atoms with E-state index in [1.165, 1.54) is 30.0 Å². The Bertz CT molecular complexity index is 830. The van der Waals surface area contributed by atoms with Gasteiger partial charge in [0.1, 0.15) is 15.9 Å². The third kappa shape index (κ3) is 4.22. The van der Waals surface area contributed by atoms with Crippen LogP contribution in [0, 0.1) is 5.82 Å². The summed E-state index contributed by atoms with van der Waals surface area (Å²) < 4.78 is 14.5. The maximum atomic E-state index is 13.8. The van der Waals surface area contributed by atoms with Gasteiger partial charge in [-0.1, -0.05) is 53.2 Å². The number of rotatable bonds is 3. The molecule has 24 heavy (non-hydrogen) atoms. The Balaban J connectivity index is 1.75. The van der Waals surface area contributed by atoms with Crippen LogP contribution in [0.1, 0.15) is 11.1 Å². The van der Waals surface area contributed by atoms with Gasteiger partial charge in [0, 0.05) is 16.3 Å². The summed E-state index contributed by atoms with van der Waals surface area (Å²) in [6.07, 6.45) is 1.39. The van der Waals surface area contributed by atoms with E-state index >= 15 is 0 Å². The van der Waals surface area contributed by atoms with Crippen LogP contribution in [0.15, 0.2) is 53.2 Å². The first-order chi connectivity index (χ1) is 11.5. The van der Waals surface area contributed by atoms with E-state index in [4.69, 9.17) is 23.2 Å². The minimum atomic E-state index is -0.481. The van der Waals surface area contributed by atoms with Gasteiger partial charge in [-0.05, 0) is 47.7 Å². The quantitative estimate of drug-likeness (QED) is 0.591. The molecule has 1 aliphatic rings. The lowest BCUT2D eigenvalue weighted by atomic mass is 10.2. The van der Waals surface area contributed by atoms with Gasteiger partial charge in [-0.15, -0.1) is 0 Å². The molecule has 0 N–H and O–H groups in total. The van der Waals surface area contributed by atoms with E-state index in [2.05, 4.69) is 4.99 Å². The Morgan fingerprint density at radius 1 is 1.17 bits per heavy atom. The number of aliphatic imine (C=N–C) groups is 1. The second-order valence-corrected chi connectivity index (χ2v) is 7.87. The van der Waals surface area contributed by atoms with Crippen molar-refractivity contribution < 1.29 is 9.18 Å². The van der Waals surface area contributed by atoms with Crippen molar-refractivity contribution in [1.82, 2.24) is 0 Å². The molecule has 1 heterocycles. The van der Waals surface area contributed by atoms with Crippen LogP contribution < -0.4 is 0 Å². The summed E-state index contributed by atoms with van der Waals surface area (Å²) in [5, 5.41) is 0.712. The molecule has 7 heteroatoms. The minimum Gasteiger partial charge on any atom is -0.279 e. The molecule has 0 unspecified atom stereocenters. The van der Waals surface area contributed by atoms with Crippen LogP contribution in [0.2, 0.25) is 10.0 Å². The number of benzene rings is 2. The lowest BCUT2D eigenvalue weighted by Gasteiger charge is -2.00. The van der Waals surface area contributed by atoms with E-state index in [0.717, 1.165) is 17.3 Å². The van der Waals surface area contributed by atoms with Crippen LogP contribution in [0.4, 0.5) is 4.39 Å². The lowest BCUT2D eigenvalue weighted by Crippen LogP contribution is -1.90. The lowest BCUT2D eigenvalue weighted by molar-refractivity contribution is -0.107. The van der Waals surface area contributed by atoms with Crippen molar-refractivity contribution >= 4 is 62.3 Å². The second kappa shape index (κ2) is 7.74. The second-order valence-electron chi connectivity index (χ2n) is 4.85. The van der Waals surface area contributed by atoms with Crippen LogP contribution in [0.3, 0.4) is 0 Å². The molecule has 0 saturated heterocycles. The Kier molecular flexibility index (Phi) is 5.66. The molecule has 2 aromatic rings. The number of hydrogen-bond donors (Lipinski definition) is 0. The molecule has 2 nitrogen and oxygen atoms in total. The monoisotopic (exact) mass is 397 g/mol. The third-order valence-electron chi connectivity index (χ3n) is 3.16.